The normalized spacial score (nSPS) is 9.56. The van der Waals surface area contributed by atoms with Crippen LogP contribution in [0.5, 0.6) is 0 Å². The van der Waals surface area contributed by atoms with Crippen LogP contribution in [0.2, 0.25) is 0 Å². The second-order valence-corrected chi connectivity index (χ2v) is 2.04. The molecule has 0 fully saturated rings. The lowest BCUT2D eigenvalue weighted by atomic mass is 10.5. The number of carbonyl (C=O) groups is 1. The average Bonchev–Trinajstić information content (AvgIpc) is 1.80. The van der Waals surface area contributed by atoms with Crippen LogP contribution in [0.3, 0.4) is 0 Å². The fourth-order valence-corrected chi connectivity index (χ4v) is 0.436. The van der Waals surface area contributed by atoms with Crippen molar-refractivity contribution in [1.82, 2.24) is 0 Å². The van der Waals surface area contributed by atoms with E-state index >= 15 is 0 Å². The van der Waals surface area contributed by atoms with Gasteiger partial charge in [0.05, 0.1) is 13.2 Å². The zero-order valence-electron chi connectivity index (χ0n) is 5.17. The molecule has 2 N–H and O–H groups in total. The maximum absolute atomic E-state index is 10.2. The molecule has 9 heavy (non-hydrogen) atoms. The fraction of sp³-hybridized carbons (Fsp3) is 0.800. The number of hydrogen-bond donors (Lipinski definition) is 2. The monoisotopic (exact) mass is 149 g/mol. The summed E-state index contributed by atoms with van der Waals surface area (Å²) in [6.07, 6.45) is 0.364. The molecular weight excluding hydrogens is 138 g/mol. The third-order valence-electron chi connectivity index (χ3n) is 0.722. The molecule has 0 aromatic heterocycles. The fourth-order valence-electron chi connectivity index (χ4n) is 0.345. The SMILES string of the molecule is NCCOCCC(=O)S. The predicted molar refractivity (Wildman–Crippen MR) is 38.5 cm³/mol. The molecule has 0 aliphatic carbocycles. The van der Waals surface area contributed by atoms with Gasteiger partial charge in [0.2, 0.25) is 0 Å². The second kappa shape index (κ2) is 6.07. The van der Waals surface area contributed by atoms with Crippen molar-refractivity contribution in [3.63, 3.8) is 0 Å². The lowest BCUT2D eigenvalue weighted by molar-refractivity contribution is -0.111. The van der Waals surface area contributed by atoms with E-state index in [1.54, 1.807) is 0 Å². The van der Waals surface area contributed by atoms with E-state index in [0.717, 1.165) is 0 Å². The Morgan fingerprint density at radius 2 is 2.22 bits per heavy atom. The van der Waals surface area contributed by atoms with Crippen molar-refractivity contribution < 1.29 is 9.53 Å². The van der Waals surface area contributed by atoms with Gasteiger partial charge in [0.15, 0.2) is 5.12 Å². The van der Waals surface area contributed by atoms with Gasteiger partial charge in [-0.2, -0.15) is 0 Å². The minimum absolute atomic E-state index is 0.146. The Bertz CT molecular complexity index is 87.0. The van der Waals surface area contributed by atoms with E-state index in [2.05, 4.69) is 12.6 Å². The van der Waals surface area contributed by atoms with Crippen molar-refractivity contribution >= 4 is 17.7 Å². The third-order valence-corrected chi connectivity index (χ3v) is 0.946. The molecule has 0 aromatic rings. The van der Waals surface area contributed by atoms with Gasteiger partial charge in [-0.1, -0.05) is 0 Å². The van der Waals surface area contributed by atoms with Gasteiger partial charge in [0, 0.05) is 13.0 Å². The number of carbonyl (C=O) groups excluding carboxylic acids is 1. The van der Waals surface area contributed by atoms with Crippen molar-refractivity contribution in [3.05, 3.63) is 0 Å². The van der Waals surface area contributed by atoms with Crippen LogP contribution in [0.25, 0.3) is 0 Å². The van der Waals surface area contributed by atoms with Gasteiger partial charge in [-0.25, -0.2) is 0 Å². The summed E-state index contributed by atoms with van der Waals surface area (Å²) in [5.41, 5.74) is 5.12. The summed E-state index contributed by atoms with van der Waals surface area (Å²) in [7, 11) is 0. The summed E-state index contributed by atoms with van der Waals surface area (Å²) in [4.78, 5) is 10.2. The van der Waals surface area contributed by atoms with Gasteiger partial charge in [0.25, 0.3) is 0 Å². The Labute approximate surface area is 60.0 Å². The molecule has 0 amide bonds. The zero-order chi connectivity index (χ0) is 7.11. The number of hydrogen-bond acceptors (Lipinski definition) is 3. The van der Waals surface area contributed by atoms with Crippen LogP contribution in [0.4, 0.5) is 0 Å². The Morgan fingerprint density at radius 3 is 2.67 bits per heavy atom. The van der Waals surface area contributed by atoms with Crippen LogP contribution in [0, 0.1) is 0 Å². The van der Waals surface area contributed by atoms with Gasteiger partial charge >= 0.3 is 0 Å². The van der Waals surface area contributed by atoms with E-state index < -0.39 is 0 Å². The van der Waals surface area contributed by atoms with E-state index in [0.29, 0.717) is 26.2 Å². The minimum atomic E-state index is -0.146. The quantitative estimate of drug-likeness (QED) is 0.421. The molecule has 0 spiro atoms. The maximum atomic E-state index is 10.2. The first-order chi connectivity index (χ1) is 4.27. The van der Waals surface area contributed by atoms with Gasteiger partial charge in [-0.15, -0.1) is 12.6 Å². The summed E-state index contributed by atoms with van der Waals surface area (Å²) in [6.45, 7) is 1.45. The minimum Gasteiger partial charge on any atom is -0.380 e. The van der Waals surface area contributed by atoms with Crippen molar-refractivity contribution in [2.45, 2.75) is 6.42 Å². The molecule has 0 heterocycles. The summed E-state index contributed by atoms with van der Waals surface area (Å²) < 4.78 is 4.90. The van der Waals surface area contributed by atoms with E-state index in [1.165, 1.54) is 0 Å². The van der Waals surface area contributed by atoms with E-state index in [1.807, 2.05) is 0 Å². The van der Waals surface area contributed by atoms with Crippen LogP contribution in [0.1, 0.15) is 6.42 Å². The van der Waals surface area contributed by atoms with Crippen molar-refractivity contribution in [3.8, 4) is 0 Å². The maximum Gasteiger partial charge on any atom is 0.188 e. The molecule has 4 heteroatoms. The molecule has 0 aromatic carbocycles. The van der Waals surface area contributed by atoms with Crippen molar-refractivity contribution in [2.75, 3.05) is 19.8 Å². The Kier molecular flexibility index (Phi) is 6.03. The van der Waals surface area contributed by atoms with Crippen LogP contribution >= 0.6 is 12.6 Å². The van der Waals surface area contributed by atoms with E-state index in [-0.39, 0.29) is 5.12 Å². The number of rotatable bonds is 5. The first kappa shape index (κ1) is 8.94. The molecule has 0 saturated heterocycles. The highest BCUT2D eigenvalue weighted by Crippen LogP contribution is 1.87. The molecule has 3 nitrogen and oxygen atoms in total. The second-order valence-electron chi connectivity index (χ2n) is 1.54. The Hall–Kier alpha value is -0.0600. The van der Waals surface area contributed by atoms with Crippen LogP contribution in [0.15, 0.2) is 0 Å². The molecular formula is C5H11NO2S. The third kappa shape index (κ3) is 7.94. The lowest BCUT2D eigenvalue weighted by Crippen LogP contribution is -2.09. The Balaban J connectivity index is 2.83. The average molecular weight is 149 g/mol. The highest BCUT2D eigenvalue weighted by Gasteiger charge is 1.91. The van der Waals surface area contributed by atoms with E-state index in [9.17, 15) is 4.79 Å². The van der Waals surface area contributed by atoms with Gasteiger partial charge in [0.1, 0.15) is 0 Å². The predicted octanol–water partition coefficient (Wildman–Crippen LogP) is -0.192. The summed E-state index contributed by atoms with van der Waals surface area (Å²) in [6, 6.07) is 0. The van der Waals surface area contributed by atoms with Gasteiger partial charge in [-0.3, -0.25) is 4.79 Å². The number of ether oxygens (including phenoxy) is 1. The zero-order valence-corrected chi connectivity index (χ0v) is 6.06. The molecule has 0 aliphatic rings. The molecule has 0 atom stereocenters. The van der Waals surface area contributed by atoms with Gasteiger partial charge < -0.3 is 10.5 Å². The van der Waals surface area contributed by atoms with Crippen LogP contribution in [-0.4, -0.2) is 24.9 Å². The van der Waals surface area contributed by atoms with Crippen molar-refractivity contribution in [1.29, 1.82) is 0 Å². The summed E-state index contributed by atoms with van der Waals surface area (Å²) >= 11 is 3.55. The first-order valence-corrected chi connectivity index (χ1v) is 3.21. The smallest absolute Gasteiger partial charge is 0.188 e. The number of thiol groups is 1. The topological polar surface area (TPSA) is 52.3 Å². The molecule has 0 radical (unpaired) electrons. The van der Waals surface area contributed by atoms with Gasteiger partial charge in [-0.05, 0) is 0 Å². The molecule has 0 saturated carbocycles. The number of nitrogens with two attached hydrogens (primary N) is 1. The largest absolute Gasteiger partial charge is 0.380 e. The lowest BCUT2D eigenvalue weighted by Gasteiger charge is -1.97. The molecule has 0 bridgehead atoms. The highest BCUT2D eigenvalue weighted by molar-refractivity contribution is 7.96. The van der Waals surface area contributed by atoms with Crippen LogP contribution in [-0.2, 0) is 9.53 Å². The summed E-state index contributed by atoms with van der Waals surface area (Å²) in [5, 5.41) is -0.146. The highest BCUT2D eigenvalue weighted by atomic mass is 32.1. The van der Waals surface area contributed by atoms with Crippen LogP contribution < -0.4 is 5.73 Å². The molecule has 0 unspecified atom stereocenters. The molecule has 0 rings (SSSR count). The Morgan fingerprint density at radius 1 is 1.56 bits per heavy atom. The van der Waals surface area contributed by atoms with E-state index in [4.69, 9.17) is 10.5 Å². The molecule has 54 valence electrons. The first-order valence-electron chi connectivity index (χ1n) is 2.77. The summed E-state index contributed by atoms with van der Waals surface area (Å²) in [5.74, 6) is 0. The van der Waals surface area contributed by atoms with Crippen molar-refractivity contribution in [2.24, 2.45) is 5.73 Å². The molecule has 0 aliphatic heterocycles. The standard InChI is InChI=1S/C5H11NO2S/c6-2-4-8-3-1-5(7)9/h1-4,6H2,(H,7,9).